The van der Waals surface area contributed by atoms with Gasteiger partial charge in [-0.2, -0.15) is 0 Å². The van der Waals surface area contributed by atoms with Crippen LogP contribution in [-0.2, 0) is 11.3 Å². The summed E-state index contributed by atoms with van der Waals surface area (Å²) in [5, 5.41) is 11.1. The molecule has 1 aliphatic heterocycles. The molecule has 1 fully saturated rings. The molecule has 1 unspecified atom stereocenters. The van der Waals surface area contributed by atoms with Crippen molar-refractivity contribution in [2.45, 2.75) is 25.6 Å². The molecule has 3 heterocycles. The van der Waals surface area contributed by atoms with E-state index in [0.717, 1.165) is 37.1 Å². The van der Waals surface area contributed by atoms with E-state index in [4.69, 9.17) is 11.6 Å². The van der Waals surface area contributed by atoms with Crippen LogP contribution >= 0.6 is 11.6 Å². The summed E-state index contributed by atoms with van der Waals surface area (Å²) in [5.74, 6) is 0.364. The van der Waals surface area contributed by atoms with Gasteiger partial charge in [-0.1, -0.05) is 29.8 Å². The SMILES string of the molecule is CN(C(=O)/C=C/c1ccc(C(O)N2CCCC2)nc1)c1cn(Cc2cccc(Cl)c2)cn1. The number of benzene rings is 1. The Balaban J connectivity index is 1.35. The molecule has 0 bridgehead atoms. The fourth-order valence-corrected chi connectivity index (χ4v) is 3.90. The Morgan fingerprint density at radius 3 is 2.78 bits per heavy atom. The summed E-state index contributed by atoms with van der Waals surface area (Å²) in [4.78, 5) is 24.8. The monoisotopic (exact) mass is 451 g/mol. The van der Waals surface area contributed by atoms with Crippen LogP contribution in [-0.4, -0.2) is 50.6 Å². The minimum absolute atomic E-state index is 0.195. The number of imidazole rings is 1. The summed E-state index contributed by atoms with van der Waals surface area (Å²) in [6.45, 7) is 2.40. The highest BCUT2D eigenvalue weighted by molar-refractivity contribution is 6.30. The third kappa shape index (κ3) is 5.43. The van der Waals surface area contributed by atoms with E-state index in [-0.39, 0.29) is 5.91 Å². The van der Waals surface area contributed by atoms with Crippen LogP contribution in [0.15, 0.2) is 61.2 Å². The van der Waals surface area contributed by atoms with Gasteiger partial charge in [0.15, 0.2) is 12.0 Å². The lowest BCUT2D eigenvalue weighted by Gasteiger charge is -2.21. The fourth-order valence-electron chi connectivity index (χ4n) is 3.69. The summed E-state index contributed by atoms with van der Waals surface area (Å²) in [5.41, 5.74) is 2.47. The fraction of sp³-hybridized carbons (Fsp3) is 0.292. The lowest BCUT2D eigenvalue weighted by Crippen LogP contribution is -2.25. The summed E-state index contributed by atoms with van der Waals surface area (Å²) >= 11 is 6.04. The highest BCUT2D eigenvalue weighted by Crippen LogP contribution is 2.21. The molecule has 32 heavy (non-hydrogen) atoms. The Morgan fingerprint density at radius 2 is 2.06 bits per heavy atom. The first-order valence-corrected chi connectivity index (χ1v) is 11.0. The predicted molar refractivity (Wildman–Crippen MR) is 125 cm³/mol. The van der Waals surface area contributed by atoms with Crippen LogP contribution in [0.3, 0.4) is 0 Å². The zero-order chi connectivity index (χ0) is 22.5. The van der Waals surface area contributed by atoms with Crippen molar-refractivity contribution in [3.05, 3.63) is 83.0 Å². The van der Waals surface area contributed by atoms with Crippen molar-refractivity contribution in [3.63, 3.8) is 0 Å². The maximum absolute atomic E-state index is 12.6. The van der Waals surface area contributed by atoms with E-state index in [9.17, 15) is 9.90 Å². The zero-order valence-corrected chi connectivity index (χ0v) is 18.7. The van der Waals surface area contributed by atoms with Crippen LogP contribution in [0, 0.1) is 0 Å². The second-order valence-electron chi connectivity index (χ2n) is 7.90. The van der Waals surface area contributed by atoms with Gasteiger partial charge in [0.2, 0.25) is 0 Å². The van der Waals surface area contributed by atoms with E-state index in [1.54, 1.807) is 31.7 Å². The van der Waals surface area contributed by atoms with Crippen LogP contribution in [0.2, 0.25) is 5.02 Å². The lowest BCUT2D eigenvalue weighted by atomic mass is 10.2. The number of aliphatic hydroxyl groups excluding tert-OH is 1. The van der Waals surface area contributed by atoms with Gasteiger partial charge in [0, 0.05) is 50.2 Å². The number of likely N-dealkylation sites (tertiary alicyclic amines) is 1. The molecule has 7 nitrogen and oxygen atoms in total. The number of aromatic nitrogens is 3. The number of hydrogen-bond donors (Lipinski definition) is 1. The summed E-state index contributed by atoms with van der Waals surface area (Å²) < 4.78 is 1.91. The second-order valence-corrected chi connectivity index (χ2v) is 8.33. The van der Waals surface area contributed by atoms with Crippen LogP contribution < -0.4 is 4.90 Å². The second kappa shape index (κ2) is 10.1. The van der Waals surface area contributed by atoms with Crippen molar-refractivity contribution < 1.29 is 9.90 Å². The molecule has 2 aromatic heterocycles. The topological polar surface area (TPSA) is 74.5 Å². The molecule has 1 saturated heterocycles. The van der Waals surface area contributed by atoms with Crippen LogP contribution in [0.4, 0.5) is 5.82 Å². The van der Waals surface area contributed by atoms with E-state index in [1.807, 2.05) is 46.0 Å². The molecule has 1 aliphatic rings. The largest absolute Gasteiger partial charge is 0.372 e. The molecule has 1 atom stereocenters. The summed E-state index contributed by atoms with van der Waals surface area (Å²) in [7, 11) is 1.69. The number of amides is 1. The molecule has 0 spiro atoms. The number of rotatable bonds is 7. The molecule has 1 amide bonds. The molecule has 3 aromatic rings. The molecule has 0 aliphatic carbocycles. The molecule has 4 rings (SSSR count). The Morgan fingerprint density at radius 1 is 1.25 bits per heavy atom. The van der Waals surface area contributed by atoms with Crippen molar-refractivity contribution in [2.75, 3.05) is 25.0 Å². The van der Waals surface area contributed by atoms with Crippen molar-refractivity contribution in [2.24, 2.45) is 0 Å². The van der Waals surface area contributed by atoms with Crippen LogP contribution in [0.5, 0.6) is 0 Å². The molecule has 1 aromatic carbocycles. The maximum atomic E-state index is 12.6. The third-order valence-corrected chi connectivity index (χ3v) is 5.76. The number of nitrogens with zero attached hydrogens (tertiary/aromatic N) is 5. The smallest absolute Gasteiger partial charge is 0.251 e. The Bertz CT molecular complexity index is 1090. The molecule has 166 valence electrons. The number of pyridine rings is 1. The minimum Gasteiger partial charge on any atom is -0.372 e. The van der Waals surface area contributed by atoms with Gasteiger partial charge in [0.05, 0.1) is 12.0 Å². The maximum Gasteiger partial charge on any atom is 0.251 e. The molecular weight excluding hydrogens is 426 g/mol. The zero-order valence-electron chi connectivity index (χ0n) is 17.9. The first-order valence-electron chi connectivity index (χ1n) is 10.6. The number of halogens is 1. The molecule has 8 heteroatoms. The number of carbonyl (C=O) groups is 1. The normalized spacial score (nSPS) is 15.3. The van der Waals surface area contributed by atoms with Gasteiger partial charge in [0.1, 0.15) is 0 Å². The van der Waals surface area contributed by atoms with Gasteiger partial charge >= 0.3 is 0 Å². The van der Waals surface area contributed by atoms with Crippen molar-refractivity contribution >= 4 is 29.4 Å². The highest BCUT2D eigenvalue weighted by atomic mass is 35.5. The van der Waals surface area contributed by atoms with Crippen molar-refractivity contribution in [3.8, 4) is 0 Å². The Hall–Kier alpha value is -3.00. The average molecular weight is 452 g/mol. The quantitative estimate of drug-likeness (QED) is 0.554. The number of hydrogen-bond acceptors (Lipinski definition) is 5. The first-order chi connectivity index (χ1) is 15.5. The van der Waals surface area contributed by atoms with E-state index >= 15 is 0 Å². The van der Waals surface area contributed by atoms with E-state index < -0.39 is 6.23 Å². The van der Waals surface area contributed by atoms with E-state index in [1.165, 1.54) is 11.0 Å². The molecule has 0 radical (unpaired) electrons. The standard InChI is InChI=1S/C24H26ClN5O2/c1-28(22-16-29(17-27-22)15-19-5-4-6-20(25)13-19)23(31)10-8-18-7-9-21(26-14-18)24(32)30-11-2-3-12-30/h4-10,13-14,16-17,24,32H,2-3,11-12,15H2,1H3/b10-8+. The minimum atomic E-state index is -0.676. The summed E-state index contributed by atoms with van der Waals surface area (Å²) in [6.07, 6.45) is 9.91. The van der Waals surface area contributed by atoms with Gasteiger partial charge in [-0.3, -0.25) is 19.6 Å². The molecular formula is C24H26ClN5O2. The number of aliphatic hydroxyl groups is 1. The number of likely N-dealkylation sites (N-methyl/N-ethyl adjacent to an activating group) is 1. The summed E-state index contributed by atoms with van der Waals surface area (Å²) in [6, 6.07) is 11.3. The van der Waals surface area contributed by atoms with Gasteiger partial charge < -0.3 is 9.67 Å². The van der Waals surface area contributed by atoms with Crippen LogP contribution in [0.1, 0.15) is 35.9 Å². The van der Waals surface area contributed by atoms with Gasteiger partial charge in [-0.05, 0) is 48.2 Å². The Labute approximate surface area is 192 Å². The number of carbonyl (C=O) groups excluding carboxylic acids is 1. The first kappa shape index (κ1) is 22.2. The molecule has 1 N–H and O–H groups in total. The average Bonchev–Trinajstić information content (AvgIpc) is 3.49. The number of anilines is 1. The Kier molecular flexibility index (Phi) is 6.99. The van der Waals surface area contributed by atoms with Crippen molar-refractivity contribution in [1.82, 2.24) is 19.4 Å². The van der Waals surface area contributed by atoms with Gasteiger partial charge in [-0.15, -0.1) is 0 Å². The molecule has 0 saturated carbocycles. The highest BCUT2D eigenvalue weighted by Gasteiger charge is 2.21. The third-order valence-electron chi connectivity index (χ3n) is 5.53. The van der Waals surface area contributed by atoms with Gasteiger partial charge in [0.25, 0.3) is 5.91 Å². The lowest BCUT2D eigenvalue weighted by molar-refractivity contribution is -0.113. The van der Waals surface area contributed by atoms with E-state index in [2.05, 4.69) is 9.97 Å². The van der Waals surface area contributed by atoms with Gasteiger partial charge in [-0.25, -0.2) is 4.98 Å². The van der Waals surface area contributed by atoms with Crippen molar-refractivity contribution in [1.29, 1.82) is 0 Å². The predicted octanol–water partition coefficient (Wildman–Crippen LogP) is 3.74. The van der Waals surface area contributed by atoms with Crippen LogP contribution in [0.25, 0.3) is 6.08 Å². The van der Waals surface area contributed by atoms with E-state index in [0.29, 0.717) is 23.1 Å².